The number of anilines is 4. The monoisotopic (exact) mass is 379 g/mol. The Kier molecular flexibility index (Phi) is 5.63. The molecule has 1 aliphatic rings. The summed E-state index contributed by atoms with van der Waals surface area (Å²) in [5, 5.41) is 6.57. The van der Waals surface area contributed by atoms with Crippen molar-refractivity contribution in [2.75, 3.05) is 41.8 Å². The van der Waals surface area contributed by atoms with Crippen molar-refractivity contribution in [2.45, 2.75) is 6.54 Å². The Morgan fingerprint density at radius 3 is 2.61 bits per heavy atom. The molecule has 28 heavy (non-hydrogen) atoms. The molecule has 2 N–H and O–H groups in total. The van der Waals surface area contributed by atoms with Crippen molar-refractivity contribution in [1.82, 2.24) is 9.97 Å². The summed E-state index contributed by atoms with van der Waals surface area (Å²) in [5.74, 6) is 0.973. The zero-order valence-electron chi connectivity index (χ0n) is 15.4. The minimum atomic E-state index is -0.245. The summed E-state index contributed by atoms with van der Waals surface area (Å²) in [7, 11) is 0. The van der Waals surface area contributed by atoms with Gasteiger partial charge < -0.3 is 20.3 Å². The van der Waals surface area contributed by atoms with Crippen LogP contribution < -0.4 is 15.5 Å². The van der Waals surface area contributed by atoms with Gasteiger partial charge in [-0.15, -0.1) is 0 Å². The maximum Gasteiger partial charge on any atom is 0.224 e. The van der Waals surface area contributed by atoms with Crippen molar-refractivity contribution in [3.05, 3.63) is 72.2 Å². The SMILES string of the molecule is Fc1ccc(CNc2nccc(Nc3ccccc3N3CCOCC3)n2)cc1. The summed E-state index contributed by atoms with van der Waals surface area (Å²) >= 11 is 0. The number of ether oxygens (including phenoxy) is 1. The van der Waals surface area contributed by atoms with Crippen LogP contribution in [0.3, 0.4) is 0 Å². The topological polar surface area (TPSA) is 62.3 Å². The van der Waals surface area contributed by atoms with E-state index in [0.717, 1.165) is 43.2 Å². The van der Waals surface area contributed by atoms with Gasteiger partial charge in [0.05, 0.1) is 24.6 Å². The molecular weight excluding hydrogens is 357 g/mol. The molecular formula is C21H22FN5O. The van der Waals surface area contributed by atoms with Crippen LogP contribution in [0.25, 0.3) is 0 Å². The van der Waals surface area contributed by atoms with E-state index in [-0.39, 0.29) is 5.82 Å². The molecule has 1 aliphatic heterocycles. The Bertz CT molecular complexity index is 913. The molecule has 0 spiro atoms. The normalized spacial score (nSPS) is 14.0. The molecule has 7 heteroatoms. The molecule has 3 aromatic rings. The summed E-state index contributed by atoms with van der Waals surface area (Å²) in [6.07, 6.45) is 1.71. The molecule has 0 radical (unpaired) electrons. The van der Waals surface area contributed by atoms with Crippen molar-refractivity contribution in [3.8, 4) is 0 Å². The number of para-hydroxylation sites is 2. The number of nitrogens with one attached hydrogen (secondary N) is 2. The van der Waals surface area contributed by atoms with E-state index in [2.05, 4.69) is 31.6 Å². The second-order valence-corrected chi connectivity index (χ2v) is 6.49. The Labute approximate surface area is 163 Å². The van der Waals surface area contributed by atoms with Crippen LogP contribution in [0.5, 0.6) is 0 Å². The minimum Gasteiger partial charge on any atom is -0.378 e. The number of hydrogen-bond acceptors (Lipinski definition) is 6. The van der Waals surface area contributed by atoms with Crippen LogP contribution in [0.2, 0.25) is 0 Å². The number of nitrogens with zero attached hydrogens (tertiary/aromatic N) is 3. The third-order valence-electron chi connectivity index (χ3n) is 4.54. The van der Waals surface area contributed by atoms with E-state index in [9.17, 15) is 4.39 Å². The van der Waals surface area contributed by atoms with Gasteiger partial charge in [-0.2, -0.15) is 4.98 Å². The Hall–Kier alpha value is -3.19. The molecule has 2 heterocycles. The van der Waals surface area contributed by atoms with Gasteiger partial charge in [0.15, 0.2) is 0 Å². The lowest BCUT2D eigenvalue weighted by Gasteiger charge is -2.30. The van der Waals surface area contributed by atoms with Crippen molar-refractivity contribution in [2.24, 2.45) is 0 Å². The second kappa shape index (κ2) is 8.67. The van der Waals surface area contributed by atoms with Gasteiger partial charge >= 0.3 is 0 Å². The number of halogens is 1. The molecule has 0 saturated carbocycles. The van der Waals surface area contributed by atoms with Crippen molar-refractivity contribution in [1.29, 1.82) is 0 Å². The standard InChI is InChI=1S/C21H22FN5O/c22-17-7-5-16(6-8-17)15-24-21-23-10-9-20(26-21)25-18-3-1-2-4-19(18)27-11-13-28-14-12-27/h1-10H,11-15H2,(H2,23,24,25,26). The van der Waals surface area contributed by atoms with Gasteiger partial charge in [-0.05, 0) is 35.9 Å². The van der Waals surface area contributed by atoms with Gasteiger partial charge in [0, 0.05) is 25.8 Å². The average molecular weight is 379 g/mol. The molecule has 144 valence electrons. The number of aromatic nitrogens is 2. The van der Waals surface area contributed by atoms with E-state index in [1.54, 1.807) is 18.3 Å². The molecule has 0 bridgehead atoms. The third kappa shape index (κ3) is 4.55. The maximum absolute atomic E-state index is 13.0. The fourth-order valence-corrected chi connectivity index (χ4v) is 3.09. The van der Waals surface area contributed by atoms with Gasteiger partial charge in [-0.25, -0.2) is 9.37 Å². The van der Waals surface area contributed by atoms with Crippen molar-refractivity contribution < 1.29 is 9.13 Å². The highest BCUT2D eigenvalue weighted by Gasteiger charge is 2.14. The summed E-state index contributed by atoms with van der Waals surface area (Å²) < 4.78 is 18.5. The van der Waals surface area contributed by atoms with Gasteiger partial charge in [0.25, 0.3) is 0 Å². The Morgan fingerprint density at radius 1 is 1.00 bits per heavy atom. The van der Waals surface area contributed by atoms with Crippen LogP contribution in [0.15, 0.2) is 60.8 Å². The highest BCUT2D eigenvalue weighted by Crippen LogP contribution is 2.28. The van der Waals surface area contributed by atoms with E-state index in [4.69, 9.17) is 4.74 Å². The summed E-state index contributed by atoms with van der Waals surface area (Å²) in [4.78, 5) is 11.1. The van der Waals surface area contributed by atoms with E-state index in [0.29, 0.717) is 18.3 Å². The third-order valence-corrected chi connectivity index (χ3v) is 4.54. The fourth-order valence-electron chi connectivity index (χ4n) is 3.09. The molecule has 1 aromatic heterocycles. The van der Waals surface area contributed by atoms with Crippen LogP contribution in [-0.4, -0.2) is 36.3 Å². The lowest BCUT2D eigenvalue weighted by molar-refractivity contribution is 0.123. The van der Waals surface area contributed by atoms with Crippen LogP contribution in [-0.2, 0) is 11.3 Å². The average Bonchev–Trinajstić information content (AvgIpc) is 2.75. The van der Waals surface area contributed by atoms with Gasteiger partial charge in [0.1, 0.15) is 11.6 Å². The first-order valence-electron chi connectivity index (χ1n) is 9.28. The molecule has 1 saturated heterocycles. The van der Waals surface area contributed by atoms with Gasteiger partial charge in [-0.1, -0.05) is 24.3 Å². The number of rotatable bonds is 6. The number of hydrogen-bond donors (Lipinski definition) is 2. The molecule has 0 unspecified atom stereocenters. The number of morpholine rings is 1. The van der Waals surface area contributed by atoms with E-state index in [1.807, 2.05) is 24.3 Å². The lowest BCUT2D eigenvalue weighted by Crippen LogP contribution is -2.36. The molecule has 0 aliphatic carbocycles. The predicted octanol–water partition coefficient (Wildman–Crippen LogP) is 3.81. The van der Waals surface area contributed by atoms with Crippen LogP contribution in [0, 0.1) is 5.82 Å². The smallest absolute Gasteiger partial charge is 0.224 e. The van der Waals surface area contributed by atoms with Crippen LogP contribution in [0.1, 0.15) is 5.56 Å². The zero-order chi connectivity index (χ0) is 19.2. The predicted molar refractivity (Wildman–Crippen MR) is 109 cm³/mol. The van der Waals surface area contributed by atoms with Crippen molar-refractivity contribution in [3.63, 3.8) is 0 Å². The van der Waals surface area contributed by atoms with Crippen LogP contribution >= 0.6 is 0 Å². The highest BCUT2D eigenvalue weighted by molar-refractivity contribution is 5.74. The van der Waals surface area contributed by atoms with Gasteiger partial charge in [-0.3, -0.25) is 0 Å². The first kappa shape index (κ1) is 18.2. The van der Waals surface area contributed by atoms with E-state index >= 15 is 0 Å². The quantitative estimate of drug-likeness (QED) is 0.679. The molecule has 4 rings (SSSR count). The van der Waals surface area contributed by atoms with Crippen molar-refractivity contribution >= 4 is 23.1 Å². The lowest BCUT2D eigenvalue weighted by atomic mass is 10.2. The van der Waals surface area contributed by atoms with Crippen LogP contribution in [0.4, 0.5) is 27.5 Å². The highest BCUT2D eigenvalue weighted by atomic mass is 19.1. The first-order chi connectivity index (χ1) is 13.8. The van der Waals surface area contributed by atoms with E-state index < -0.39 is 0 Å². The summed E-state index contributed by atoms with van der Waals surface area (Å²) in [6.45, 7) is 3.73. The first-order valence-corrected chi connectivity index (χ1v) is 9.28. The summed E-state index contributed by atoms with van der Waals surface area (Å²) in [6, 6.07) is 16.4. The fraction of sp³-hybridized carbons (Fsp3) is 0.238. The molecule has 0 amide bonds. The zero-order valence-corrected chi connectivity index (χ0v) is 15.4. The molecule has 2 aromatic carbocycles. The maximum atomic E-state index is 13.0. The summed E-state index contributed by atoms with van der Waals surface area (Å²) in [5.41, 5.74) is 3.08. The Balaban J connectivity index is 1.45. The number of benzene rings is 2. The molecule has 6 nitrogen and oxygen atoms in total. The van der Waals surface area contributed by atoms with Gasteiger partial charge in [0.2, 0.25) is 5.95 Å². The minimum absolute atomic E-state index is 0.245. The Morgan fingerprint density at radius 2 is 1.79 bits per heavy atom. The van der Waals surface area contributed by atoms with E-state index in [1.165, 1.54) is 12.1 Å². The molecule has 0 atom stereocenters. The largest absolute Gasteiger partial charge is 0.378 e. The molecule has 1 fully saturated rings. The second-order valence-electron chi connectivity index (χ2n) is 6.49.